The lowest BCUT2D eigenvalue weighted by molar-refractivity contribution is 0.101. The molecule has 1 aliphatic rings. The Kier molecular flexibility index (Phi) is 15.2. The second kappa shape index (κ2) is 19.5. The Labute approximate surface area is 245 Å². The Morgan fingerprint density at radius 3 is 1.50 bits per heavy atom. The maximum absolute atomic E-state index is 12.2. The molecule has 0 aromatic heterocycles. The molecule has 0 N–H and O–H groups in total. The minimum absolute atomic E-state index is 0. The van der Waals surface area contributed by atoms with Crippen LogP contribution in [0.4, 0.5) is 0 Å². The molecule has 2 aromatic carbocycles. The van der Waals surface area contributed by atoms with Crippen LogP contribution in [-0.2, 0) is 0 Å². The van der Waals surface area contributed by atoms with Gasteiger partial charge in [0.15, 0.2) is 5.76 Å². The average Bonchev–Trinajstić information content (AvgIpc) is 3.29. The second-order valence-electron chi connectivity index (χ2n) is 7.30. The average molecular weight is 529 g/mol. The Balaban J connectivity index is -0.000000114. The van der Waals surface area contributed by atoms with Gasteiger partial charge in [-0.05, 0) is 130 Å². The first-order chi connectivity index (χ1) is 19.6. The molecule has 0 radical (unpaired) electrons. The summed E-state index contributed by atoms with van der Waals surface area (Å²) in [5.74, 6) is 39.7. The fourth-order valence-corrected chi connectivity index (χ4v) is 2.71. The quantitative estimate of drug-likeness (QED) is 0.330. The van der Waals surface area contributed by atoms with Gasteiger partial charge in [0.05, 0.1) is 5.56 Å². The number of ether oxygens (including phenoxy) is 1. The fraction of sp³-hybridized carbons (Fsp3) is 0.0833. The van der Waals surface area contributed by atoms with Crippen molar-refractivity contribution in [3.8, 4) is 113 Å². The van der Waals surface area contributed by atoms with Crippen molar-refractivity contribution in [1.82, 2.24) is 0 Å². The van der Waals surface area contributed by atoms with Crippen molar-refractivity contribution in [3.05, 3.63) is 80.9 Å². The maximum Gasteiger partial charge on any atom is 0.231 e. The van der Waals surface area contributed by atoms with Crippen LogP contribution >= 0.6 is 0 Å². The number of hydrogen-bond donors (Lipinski definition) is 0. The highest BCUT2D eigenvalue weighted by atomic mass is 16.7. The standard InChI is InChI=1S/C18H16O2.C18H2.O2.7H2/c1-12(2)14-9-7-13(8-10-14)11-17-18(19)15-5-3-4-6-16(15)20-17;1-3-5-7-9-11-13-15-17-18-16-14-12-10-8-6-4-2;1-2;;;;;;;/h3-12H,1-2H3;1-2H;;7*1H/b17-11-;;;;;;;;;. The van der Waals surface area contributed by atoms with Crippen LogP contribution in [0, 0.1) is 118 Å². The summed E-state index contributed by atoms with van der Waals surface area (Å²) in [5, 5.41) is 0. The van der Waals surface area contributed by atoms with Crippen LogP contribution in [0.25, 0.3) is 6.08 Å². The van der Waals surface area contributed by atoms with Gasteiger partial charge in [-0.25, -0.2) is 0 Å². The molecule has 40 heavy (non-hydrogen) atoms. The fourth-order valence-electron chi connectivity index (χ4n) is 2.71. The molecule has 0 unspecified atom stereocenters. The van der Waals surface area contributed by atoms with Crippen LogP contribution in [0.5, 0.6) is 5.75 Å². The van der Waals surface area contributed by atoms with Gasteiger partial charge < -0.3 is 4.74 Å². The molecular weight excluding hydrogens is 496 g/mol. The Morgan fingerprint density at radius 2 is 1.10 bits per heavy atom. The highest BCUT2D eigenvalue weighted by molar-refractivity contribution is 6.14. The van der Waals surface area contributed by atoms with E-state index in [1.54, 1.807) is 12.1 Å². The number of para-hydroxylation sites is 1. The molecule has 1 aliphatic heterocycles. The monoisotopic (exact) mass is 528 g/mol. The summed E-state index contributed by atoms with van der Waals surface area (Å²) in [4.78, 5) is 26.2. The van der Waals surface area contributed by atoms with Gasteiger partial charge in [0.25, 0.3) is 0 Å². The molecule has 4 heteroatoms. The number of Topliss-reactive ketones (excluding diaryl/α,β-unsaturated/α-hetero) is 1. The van der Waals surface area contributed by atoms with Gasteiger partial charge in [-0.2, -0.15) is 0 Å². The van der Waals surface area contributed by atoms with E-state index in [0.717, 1.165) is 5.56 Å². The van der Waals surface area contributed by atoms with E-state index in [4.69, 9.17) is 27.5 Å². The predicted molar refractivity (Wildman–Crippen MR) is 174 cm³/mol. The van der Waals surface area contributed by atoms with E-state index in [1.165, 1.54) is 5.56 Å². The number of carbonyl (C=O) groups excluding carboxylic acids is 1. The summed E-state index contributed by atoms with van der Waals surface area (Å²) in [6.45, 7) is 4.32. The summed E-state index contributed by atoms with van der Waals surface area (Å²) in [7, 11) is 0. The molecule has 0 saturated heterocycles. The van der Waals surface area contributed by atoms with E-state index in [0.29, 0.717) is 23.0 Å². The number of carbonyl (C=O) groups is 1. The third-order valence-electron chi connectivity index (χ3n) is 4.43. The molecule has 3 rings (SSSR count). The lowest BCUT2D eigenvalue weighted by Crippen LogP contribution is -1.98. The molecule has 1 heterocycles. The number of terminal acetylenes is 2. The van der Waals surface area contributed by atoms with Crippen molar-refractivity contribution < 1.29 is 19.5 Å². The first kappa shape index (κ1) is 31.3. The predicted octanol–water partition coefficient (Wildman–Crippen LogP) is 6.49. The van der Waals surface area contributed by atoms with Crippen molar-refractivity contribution >= 4 is 11.9 Å². The molecule has 0 aliphatic carbocycles. The highest BCUT2D eigenvalue weighted by Crippen LogP contribution is 2.31. The van der Waals surface area contributed by atoms with E-state index in [-0.39, 0.29) is 15.8 Å². The summed E-state index contributed by atoms with van der Waals surface area (Å²) in [6.07, 6.45) is 11.6. The third kappa shape index (κ3) is 11.8. The zero-order valence-electron chi connectivity index (χ0n) is 21.6. The first-order valence-corrected chi connectivity index (χ1v) is 11.3. The van der Waals surface area contributed by atoms with Crippen LogP contribution in [-0.4, -0.2) is 5.78 Å². The largest absolute Gasteiger partial charge is 0.452 e. The normalized spacial score (nSPS) is 9.53. The van der Waals surface area contributed by atoms with Crippen molar-refractivity contribution in [2.45, 2.75) is 19.8 Å². The molecule has 4 nitrogen and oxygen atoms in total. The Morgan fingerprint density at radius 1 is 0.675 bits per heavy atom. The van der Waals surface area contributed by atoms with Crippen molar-refractivity contribution in [1.29, 1.82) is 0 Å². The van der Waals surface area contributed by atoms with E-state index >= 15 is 0 Å². The van der Waals surface area contributed by atoms with Gasteiger partial charge in [0, 0.05) is 19.9 Å². The van der Waals surface area contributed by atoms with Gasteiger partial charge in [0.2, 0.25) is 5.78 Å². The van der Waals surface area contributed by atoms with Crippen LogP contribution < -0.4 is 4.74 Å². The van der Waals surface area contributed by atoms with Crippen LogP contribution in [0.3, 0.4) is 0 Å². The third-order valence-corrected chi connectivity index (χ3v) is 4.43. The van der Waals surface area contributed by atoms with Gasteiger partial charge in [-0.15, -0.1) is 12.8 Å². The number of ketones is 1. The molecule has 200 valence electrons. The molecule has 0 atom stereocenters. The zero-order valence-corrected chi connectivity index (χ0v) is 21.6. The number of fused-ring (bicyclic) bond motifs is 1. The van der Waals surface area contributed by atoms with Gasteiger partial charge in [0.1, 0.15) is 5.75 Å². The molecule has 0 fully saturated rings. The van der Waals surface area contributed by atoms with Crippen LogP contribution in [0.1, 0.15) is 51.2 Å². The van der Waals surface area contributed by atoms with E-state index in [2.05, 4.69) is 121 Å². The van der Waals surface area contributed by atoms with Crippen LogP contribution in [0.2, 0.25) is 0 Å². The second-order valence-corrected chi connectivity index (χ2v) is 7.30. The molecule has 0 saturated carbocycles. The van der Waals surface area contributed by atoms with Crippen molar-refractivity contribution in [2.24, 2.45) is 0 Å². The lowest BCUT2D eigenvalue weighted by Gasteiger charge is -2.05. The molecule has 0 amide bonds. The van der Waals surface area contributed by atoms with E-state index in [1.807, 2.05) is 30.3 Å². The highest BCUT2D eigenvalue weighted by Gasteiger charge is 2.26. The van der Waals surface area contributed by atoms with Gasteiger partial charge in [-0.1, -0.05) is 50.2 Å². The van der Waals surface area contributed by atoms with Gasteiger partial charge >= 0.3 is 0 Å². The summed E-state index contributed by atoms with van der Waals surface area (Å²) in [6, 6.07) is 15.5. The Hall–Kier alpha value is -6.71. The maximum atomic E-state index is 12.2. The molecular formula is C36H32O4. The number of allylic oxidation sites excluding steroid dienone is 1. The van der Waals surface area contributed by atoms with E-state index < -0.39 is 0 Å². The smallest absolute Gasteiger partial charge is 0.231 e. The summed E-state index contributed by atoms with van der Waals surface area (Å²) >= 11 is 0. The Bertz CT molecular complexity index is 1750. The molecule has 0 spiro atoms. The number of hydrogen-bond acceptors (Lipinski definition) is 4. The summed E-state index contributed by atoms with van der Waals surface area (Å²) < 4.78 is 5.61. The van der Waals surface area contributed by atoms with Crippen molar-refractivity contribution in [2.75, 3.05) is 0 Å². The minimum atomic E-state index is -0.0477. The zero-order chi connectivity index (χ0) is 29.4. The topological polar surface area (TPSA) is 60.4 Å². The number of benzene rings is 2. The number of rotatable bonds is 2. The minimum Gasteiger partial charge on any atom is -0.452 e. The molecule has 2 aromatic rings. The lowest BCUT2D eigenvalue weighted by atomic mass is 10.0. The molecule has 0 bridgehead atoms. The van der Waals surface area contributed by atoms with Gasteiger partial charge in [-0.3, -0.25) is 4.79 Å². The van der Waals surface area contributed by atoms with Crippen LogP contribution in [0.15, 0.2) is 54.3 Å². The van der Waals surface area contributed by atoms with Crippen molar-refractivity contribution in [3.63, 3.8) is 0 Å². The SMILES string of the molecule is C#CC#CC#CC#CC#CC#CC#CC#CC#C.CC(C)c1ccc(/C=C2\Oc3ccccc3C2=O)cc1.O=O.[HH].[HH].[HH].[HH].[HH].[HH].[HH]. The van der Waals surface area contributed by atoms with E-state index in [9.17, 15) is 4.79 Å². The first-order valence-electron chi connectivity index (χ1n) is 11.3. The summed E-state index contributed by atoms with van der Waals surface area (Å²) in [5.41, 5.74) is 2.90.